The number of carbonyl (C=O) groups excluding carboxylic acids is 1. The Balaban J connectivity index is 2.11. The fraction of sp³-hybridized carbons (Fsp3) is 0.500. The monoisotopic (exact) mass is 247 g/mol. The van der Waals surface area contributed by atoms with E-state index in [4.69, 9.17) is 5.73 Å². The number of benzene rings is 1. The van der Waals surface area contributed by atoms with Gasteiger partial charge in [0.15, 0.2) is 0 Å². The molecule has 2 atom stereocenters. The highest BCUT2D eigenvalue weighted by atomic mass is 16.1. The van der Waals surface area contributed by atoms with Crippen LogP contribution in [0.5, 0.6) is 0 Å². The highest BCUT2D eigenvalue weighted by molar-refractivity contribution is 6.00. The molecular weight excluding hydrogens is 226 g/mol. The normalized spacial score (nSPS) is 21.4. The van der Waals surface area contributed by atoms with Gasteiger partial charge < -0.3 is 16.4 Å². The summed E-state index contributed by atoms with van der Waals surface area (Å²) in [6, 6.07) is 5.86. The maximum atomic E-state index is 11.8. The Bertz CT molecular complexity index is 445. The average Bonchev–Trinajstić information content (AvgIpc) is 3.07. The number of nitrogens with two attached hydrogens (primary N) is 1. The first-order valence-electron chi connectivity index (χ1n) is 6.53. The van der Waals surface area contributed by atoms with Crippen molar-refractivity contribution < 1.29 is 4.79 Å². The first-order valence-corrected chi connectivity index (χ1v) is 6.53. The molecule has 0 bridgehead atoms. The molecule has 1 fully saturated rings. The van der Waals surface area contributed by atoms with Crippen LogP contribution in [0.2, 0.25) is 0 Å². The van der Waals surface area contributed by atoms with E-state index in [0.29, 0.717) is 17.3 Å². The second-order valence-corrected chi connectivity index (χ2v) is 4.92. The van der Waals surface area contributed by atoms with Crippen molar-refractivity contribution in [3.8, 4) is 0 Å². The van der Waals surface area contributed by atoms with E-state index in [2.05, 4.69) is 17.6 Å². The number of anilines is 2. The van der Waals surface area contributed by atoms with E-state index in [1.807, 2.05) is 6.07 Å². The zero-order valence-corrected chi connectivity index (χ0v) is 11.0. The SMILES string of the molecule is CCCC1CC1Nc1cc(N)ccc1C(=O)NC. The van der Waals surface area contributed by atoms with Crippen LogP contribution in [0, 0.1) is 5.92 Å². The van der Waals surface area contributed by atoms with Gasteiger partial charge in [0.25, 0.3) is 5.91 Å². The molecular formula is C14H21N3O. The number of carbonyl (C=O) groups is 1. The summed E-state index contributed by atoms with van der Waals surface area (Å²) in [4.78, 5) is 11.8. The number of nitrogens with one attached hydrogen (secondary N) is 2. The molecule has 0 saturated heterocycles. The van der Waals surface area contributed by atoms with Crippen LogP contribution in [-0.2, 0) is 0 Å². The molecule has 4 N–H and O–H groups in total. The summed E-state index contributed by atoms with van der Waals surface area (Å²) in [6.45, 7) is 2.20. The predicted molar refractivity (Wildman–Crippen MR) is 74.7 cm³/mol. The van der Waals surface area contributed by atoms with Gasteiger partial charge in [-0.15, -0.1) is 0 Å². The smallest absolute Gasteiger partial charge is 0.253 e. The molecule has 1 aromatic carbocycles. The van der Waals surface area contributed by atoms with Crippen LogP contribution in [0.25, 0.3) is 0 Å². The minimum absolute atomic E-state index is 0.0785. The highest BCUT2D eigenvalue weighted by Crippen LogP contribution is 2.38. The lowest BCUT2D eigenvalue weighted by Crippen LogP contribution is -2.20. The van der Waals surface area contributed by atoms with Gasteiger partial charge in [0, 0.05) is 24.5 Å². The standard InChI is InChI=1S/C14H21N3O/c1-3-4-9-7-12(9)17-13-8-10(15)5-6-11(13)14(18)16-2/h5-6,8-9,12,17H,3-4,7,15H2,1-2H3,(H,16,18). The van der Waals surface area contributed by atoms with Crippen LogP contribution < -0.4 is 16.4 Å². The van der Waals surface area contributed by atoms with E-state index in [-0.39, 0.29) is 5.91 Å². The van der Waals surface area contributed by atoms with Crippen molar-refractivity contribution in [2.75, 3.05) is 18.1 Å². The van der Waals surface area contributed by atoms with Gasteiger partial charge in [0.1, 0.15) is 0 Å². The molecule has 1 aliphatic carbocycles. The Hall–Kier alpha value is -1.71. The Labute approximate surface area is 108 Å². The molecule has 1 aliphatic rings. The minimum atomic E-state index is -0.0785. The van der Waals surface area contributed by atoms with Gasteiger partial charge in [0.2, 0.25) is 0 Å². The Morgan fingerprint density at radius 1 is 1.50 bits per heavy atom. The molecule has 1 aromatic rings. The van der Waals surface area contributed by atoms with Crippen LogP contribution >= 0.6 is 0 Å². The van der Waals surface area contributed by atoms with E-state index in [9.17, 15) is 4.79 Å². The molecule has 2 unspecified atom stereocenters. The lowest BCUT2D eigenvalue weighted by molar-refractivity contribution is 0.0964. The van der Waals surface area contributed by atoms with Crippen molar-refractivity contribution >= 4 is 17.3 Å². The van der Waals surface area contributed by atoms with Crippen molar-refractivity contribution in [1.29, 1.82) is 0 Å². The summed E-state index contributed by atoms with van der Waals surface area (Å²) in [7, 11) is 1.64. The van der Waals surface area contributed by atoms with Crippen LogP contribution in [-0.4, -0.2) is 19.0 Å². The Morgan fingerprint density at radius 2 is 2.28 bits per heavy atom. The van der Waals surface area contributed by atoms with Crippen LogP contribution in [0.4, 0.5) is 11.4 Å². The topological polar surface area (TPSA) is 67.1 Å². The third kappa shape index (κ3) is 2.75. The number of nitrogen functional groups attached to an aromatic ring is 1. The molecule has 2 rings (SSSR count). The van der Waals surface area contributed by atoms with Gasteiger partial charge in [-0.1, -0.05) is 13.3 Å². The van der Waals surface area contributed by atoms with Crippen molar-refractivity contribution in [3.63, 3.8) is 0 Å². The number of hydrogen-bond donors (Lipinski definition) is 3. The first-order chi connectivity index (χ1) is 8.65. The Kier molecular flexibility index (Phi) is 3.75. The quantitative estimate of drug-likeness (QED) is 0.699. The van der Waals surface area contributed by atoms with Crippen molar-refractivity contribution in [2.24, 2.45) is 5.92 Å². The van der Waals surface area contributed by atoms with Gasteiger partial charge >= 0.3 is 0 Å². The molecule has 0 aromatic heterocycles. The van der Waals surface area contributed by atoms with Gasteiger partial charge in [-0.05, 0) is 37.0 Å². The van der Waals surface area contributed by atoms with Gasteiger partial charge in [0.05, 0.1) is 5.56 Å². The van der Waals surface area contributed by atoms with E-state index in [0.717, 1.165) is 11.6 Å². The lowest BCUT2D eigenvalue weighted by atomic mass is 10.1. The molecule has 0 spiro atoms. The predicted octanol–water partition coefficient (Wildman–Crippen LogP) is 2.23. The molecule has 98 valence electrons. The van der Waals surface area contributed by atoms with E-state index < -0.39 is 0 Å². The number of hydrogen-bond acceptors (Lipinski definition) is 3. The molecule has 0 aliphatic heterocycles. The summed E-state index contributed by atoms with van der Waals surface area (Å²) in [5.74, 6) is 0.666. The van der Waals surface area contributed by atoms with Crippen molar-refractivity contribution in [2.45, 2.75) is 32.2 Å². The molecule has 0 heterocycles. The third-order valence-corrected chi connectivity index (χ3v) is 3.44. The third-order valence-electron chi connectivity index (χ3n) is 3.44. The Morgan fingerprint density at radius 3 is 2.94 bits per heavy atom. The highest BCUT2D eigenvalue weighted by Gasteiger charge is 2.36. The molecule has 0 radical (unpaired) electrons. The molecule has 18 heavy (non-hydrogen) atoms. The molecule has 4 heteroatoms. The zero-order chi connectivity index (χ0) is 13.1. The number of amides is 1. The van der Waals surface area contributed by atoms with Crippen molar-refractivity contribution in [1.82, 2.24) is 5.32 Å². The molecule has 1 saturated carbocycles. The summed E-state index contributed by atoms with van der Waals surface area (Å²) >= 11 is 0. The summed E-state index contributed by atoms with van der Waals surface area (Å²) < 4.78 is 0. The largest absolute Gasteiger partial charge is 0.399 e. The lowest BCUT2D eigenvalue weighted by Gasteiger charge is -2.12. The minimum Gasteiger partial charge on any atom is -0.399 e. The van der Waals surface area contributed by atoms with Gasteiger partial charge in [-0.3, -0.25) is 4.79 Å². The summed E-state index contributed by atoms with van der Waals surface area (Å²) in [6.07, 6.45) is 3.65. The maximum Gasteiger partial charge on any atom is 0.253 e. The maximum absolute atomic E-state index is 11.8. The van der Waals surface area contributed by atoms with Gasteiger partial charge in [-0.2, -0.15) is 0 Å². The van der Waals surface area contributed by atoms with E-state index in [1.165, 1.54) is 19.3 Å². The van der Waals surface area contributed by atoms with Crippen molar-refractivity contribution in [3.05, 3.63) is 23.8 Å². The second-order valence-electron chi connectivity index (χ2n) is 4.92. The van der Waals surface area contributed by atoms with E-state index in [1.54, 1.807) is 19.2 Å². The summed E-state index contributed by atoms with van der Waals surface area (Å²) in [5, 5.41) is 6.09. The summed E-state index contributed by atoms with van der Waals surface area (Å²) in [5.41, 5.74) is 7.97. The van der Waals surface area contributed by atoms with Crippen LogP contribution in [0.15, 0.2) is 18.2 Å². The first kappa shape index (κ1) is 12.7. The fourth-order valence-corrected chi connectivity index (χ4v) is 2.33. The molecule has 1 amide bonds. The van der Waals surface area contributed by atoms with Gasteiger partial charge in [-0.25, -0.2) is 0 Å². The van der Waals surface area contributed by atoms with Crippen LogP contribution in [0.3, 0.4) is 0 Å². The zero-order valence-electron chi connectivity index (χ0n) is 11.0. The number of rotatable bonds is 5. The van der Waals surface area contributed by atoms with E-state index >= 15 is 0 Å². The molecule has 4 nitrogen and oxygen atoms in total. The fourth-order valence-electron chi connectivity index (χ4n) is 2.33. The average molecular weight is 247 g/mol. The second kappa shape index (κ2) is 5.29. The van der Waals surface area contributed by atoms with Crippen LogP contribution in [0.1, 0.15) is 36.5 Å².